The average molecular weight is 512 g/mol. The molecule has 0 atom stereocenters. The number of anilines is 1. The van der Waals surface area contributed by atoms with Crippen LogP contribution in [0.4, 0.5) is 19.0 Å². The van der Waals surface area contributed by atoms with Crippen LogP contribution in [-0.2, 0) is 12.7 Å². The number of hydrogen-bond acceptors (Lipinski definition) is 5. The van der Waals surface area contributed by atoms with Gasteiger partial charge in [0, 0.05) is 25.7 Å². The zero-order valence-electron chi connectivity index (χ0n) is 21.3. The number of nitrogens with zero attached hydrogens (tertiary/aromatic N) is 5. The summed E-state index contributed by atoms with van der Waals surface area (Å²) < 4.78 is 41.2. The van der Waals surface area contributed by atoms with Crippen molar-refractivity contribution in [2.45, 2.75) is 40.4 Å². The lowest BCUT2D eigenvalue weighted by atomic mass is 9.96. The number of carboxylic acid groups (broad SMARTS) is 1. The molecule has 0 aliphatic heterocycles. The van der Waals surface area contributed by atoms with E-state index in [1.165, 1.54) is 12.1 Å². The fraction of sp³-hybridized carbons (Fsp3) is 0.333. The summed E-state index contributed by atoms with van der Waals surface area (Å²) in [6, 6.07) is 12.6. The summed E-state index contributed by atoms with van der Waals surface area (Å²) in [5.41, 5.74) is 2.23. The third-order valence-electron chi connectivity index (χ3n) is 5.75. The summed E-state index contributed by atoms with van der Waals surface area (Å²) in [6.45, 7) is 8.84. The maximum Gasteiger partial charge on any atom is 0.416 e. The van der Waals surface area contributed by atoms with Crippen molar-refractivity contribution >= 4 is 23.0 Å². The van der Waals surface area contributed by atoms with Gasteiger partial charge in [-0.2, -0.15) is 13.2 Å². The lowest BCUT2D eigenvalue weighted by molar-refractivity contribution is -0.137. The Morgan fingerprint density at radius 3 is 2.27 bits per heavy atom. The van der Waals surface area contributed by atoms with Gasteiger partial charge < -0.3 is 14.6 Å². The highest BCUT2D eigenvalue weighted by Crippen LogP contribution is 2.33. The number of imidazole rings is 1. The van der Waals surface area contributed by atoms with E-state index in [1.807, 2.05) is 47.7 Å². The van der Waals surface area contributed by atoms with Crippen LogP contribution in [0.1, 0.15) is 48.1 Å². The van der Waals surface area contributed by atoms with E-state index in [-0.39, 0.29) is 23.4 Å². The highest BCUT2D eigenvalue weighted by atomic mass is 19.4. The molecule has 0 spiro atoms. The van der Waals surface area contributed by atoms with Crippen LogP contribution < -0.4 is 4.90 Å². The standard InChI is InChI=1S/C27H28F3N5O2/c1-16-7-6-8-18(13-16)23-32-21-20(35(23)14-17-9-11-19(12-10-17)27(28,29)30)24(33-22(31-21)25(36)37)34(5)15-26(2,3)4/h6-13H,14-15H2,1-5H3,(H,36,37). The van der Waals surface area contributed by atoms with Crippen LogP contribution in [-0.4, -0.2) is 44.2 Å². The molecule has 194 valence electrons. The topological polar surface area (TPSA) is 84.1 Å². The molecule has 2 heterocycles. The van der Waals surface area contributed by atoms with Crippen LogP contribution in [0.25, 0.3) is 22.6 Å². The minimum absolute atomic E-state index is 0.132. The first kappa shape index (κ1) is 26.1. The molecule has 0 amide bonds. The molecule has 1 N–H and O–H groups in total. The predicted octanol–water partition coefficient (Wildman–Crippen LogP) is 6.05. The molecular weight excluding hydrogens is 483 g/mol. The summed E-state index contributed by atoms with van der Waals surface area (Å²) >= 11 is 0. The number of fused-ring (bicyclic) bond motifs is 1. The van der Waals surface area contributed by atoms with Gasteiger partial charge in [0.15, 0.2) is 11.5 Å². The third-order valence-corrected chi connectivity index (χ3v) is 5.75. The first-order valence-electron chi connectivity index (χ1n) is 11.7. The van der Waals surface area contributed by atoms with Crippen molar-refractivity contribution in [3.05, 3.63) is 71.0 Å². The number of halogens is 3. The molecule has 0 saturated heterocycles. The van der Waals surface area contributed by atoms with Gasteiger partial charge in [0.1, 0.15) is 11.3 Å². The van der Waals surface area contributed by atoms with Gasteiger partial charge in [0.05, 0.1) is 5.56 Å². The lowest BCUT2D eigenvalue weighted by Gasteiger charge is -2.28. The quantitative estimate of drug-likeness (QED) is 0.339. The zero-order chi connectivity index (χ0) is 27.1. The molecule has 10 heteroatoms. The van der Waals surface area contributed by atoms with E-state index in [1.54, 1.807) is 0 Å². The van der Waals surface area contributed by atoms with Crippen LogP contribution in [0.15, 0.2) is 48.5 Å². The third kappa shape index (κ3) is 5.73. The Bertz CT molecular complexity index is 1450. The van der Waals surface area contributed by atoms with E-state index in [4.69, 9.17) is 4.98 Å². The van der Waals surface area contributed by atoms with Crippen molar-refractivity contribution in [1.29, 1.82) is 0 Å². The molecule has 0 unspecified atom stereocenters. The second kappa shape index (κ2) is 9.49. The molecule has 7 nitrogen and oxygen atoms in total. The van der Waals surface area contributed by atoms with Crippen LogP contribution in [0, 0.1) is 12.3 Å². The predicted molar refractivity (Wildman–Crippen MR) is 136 cm³/mol. The van der Waals surface area contributed by atoms with Gasteiger partial charge in [-0.05, 0) is 36.1 Å². The van der Waals surface area contributed by atoms with Crippen molar-refractivity contribution in [2.75, 3.05) is 18.5 Å². The van der Waals surface area contributed by atoms with Crippen LogP contribution in [0.2, 0.25) is 0 Å². The molecule has 0 aliphatic carbocycles. The number of carboxylic acids is 1. The molecule has 0 bridgehead atoms. The molecule has 4 rings (SSSR count). The van der Waals surface area contributed by atoms with Gasteiger partial charge in [-0.15, -0.1) is 0 Å². The van der Waals surface area contributed by atoms with Crippen molar-refractivity contribution in [3.8, 4) is 11.4 Å². The fourth-order valence-electron chi connectivity index (χ4n) is 4.31. The largest absolute Gasteiger partial charge is 0.475 e. The summed E-state index contributed by atoms with van der Waals surface area (Å²) in [5.74, 6) is -0.753. The molecule has 0 fully saturated rings. The Kier molecular flexibility index (Phi) is 6.70. The Morgan fingerprint density at radius 1 is 1.03 bits per heavy atom. The molecule has 0 aliphatic rings. The first-order chi connectivity index (χ1) is 17.2. The SMILES string of the molecule is Cc1cccc(-c2nc3nc(C(=O)O)nc(N(C)CC(C)(C)C)c3n2Cc2ccc(C(F)(F)F)cc2)c1. The number of aromatic nitrogens is 4. The van der Waals surface area contributed by atoms with Crippen molar-refractivity contribution in [2.24, 2.45) is 5.41 Å². The molecule has 0 radical (unpaired) electrons. The average Bonchev–Trinajstić information content (AvgIpc) is 3.15. The van der Waals surface area contributed by atoms with Crippen molar-refractivity contribution in [1.82, 2.24) is 19.5 Å². The number of alkyl halides is 3. The fourth-order valence-corrected chi connectivity index (χ4v) is 4.31. The van der Waals surface area contributed by atoms with Gasteiger partial charge in [-0.1, -0.05) is 56.7 Å². The van der Waals surface area contributed by atoms with Gasteiger partial charge in [0.25, 0.3) is 0 Å². The Hall–Kier alpha value is -3.95. The summed E-state index contributed by atoms with van der Waals surface area (Å²) in [7, 11) is 1.82. The molecular formula is C27H28F3N5O2. The first-order valence-corrected chi connectivity index (χ1v) is 11.7. The highest BCUT2D eigenvalue weighted by Gasteiger charge is 2.30. The zero-order valence-corrected chi connectivity index (χ0v) is 21.3. The van der Waals surface area contributed by atoms with Gasteiger partial charge in [-0.25, -0.2) is 19.7 Å². The summed E-state index contributed by atoms with van der Waals surface area (Å²) in [4.78, 5) is 27.0. The van der Waals surface area contributed by atoms with E-state index >= 15 is 0 Å². The maximum atomic E-state index is 13.1. The minimum atomic E-state index is -4.43. The van der Waals surface area contributed by atoms with Crippen molar-refractivity contribution in [3.63, 3.8) is 0 Å². The number of benzene rings is 2. The van der Waals surface area contributed by atoms with Gasteiger partial charge in [-0.3, -0.25) is 0 Å². The number of rotatable bonds is 6. The number of carbonyl (C=O) groups is 1. The van der Waals surface area contributed by atoms with E-state index < -0.39 is 17.7 Å². The summed E-state index contributed by atoms with van der Waals surface area (Å²) in [6.07, 6.45) is -4.43. The van der Waals surface area contributed by atoms with Crippen LogP contribution in [0.5, 0.6) is 0 Å². The molecule has 37 heavy (non-hydrogen) atoms. The van der Waals surface area contributed by atoms with E-state index in [0.29, 0.717) is 29.3 Å². The molecule has 2 aromatic carbocycles. The van der Waals surface area contributed by atoms with Crippen LogP contribution >= 0.6 is 0 Å². The Balaban J connectivity index is 1.97. The Morgan fingerprint density at radius 2 is 1.70 bits per heavy atom. The maximum absolute atomic E-state index is 13.1. The second-order valence-corrected chi connectivity index (χ2v) is 10.4. The molecule has 0 saturated carbocycles. The van der Waals surface area contributed by atoms with E-state index in [0.717, 1.165) is 23.3 Å². The van der Waals surface area contributed by atoms with Crippen molar-refractivity contribution < 1.29 is 23.1 Å². The normalized spacial score (nSPS) is 12.2. The lowest BCUT2D eigenvalue weighted by Crippen LogP contribution is -2.30. The molecule has 2 aromatic heterocycles. The van der Waals surface area contributed by atoms with Crippen LogP contribution in [0.3, 0.4) is 0 Å². The monoisotopic (exact) mass is 511 g/mol. The summed E-state index contributed by atoms with van der Waals surface area (Å²) in [5, 5.41) is 9.67. The number of aromatic carboxylic acids is 1. The molecule has 4 aromatic rings. The minimum Gasteiger partial charge on any atom is -0.475 e. The Labute approximate surface area is 212 Å². The highest BCUT2D eigenvalue weighted by molar-refractivity contribution is 5.92. The second-order valence-electron chi connectivity index (χ2n) is 10.4. The number of aryl methyl sites for hydroxylation is 1. The number of hydrogen-bond donors (Lipinski definition) is 1. The van der Waals surface area contributed by atoms with Gasteiger partial charge >= 0.3 is 12.1 Å². The van der Waals surface area contributed by atoms with E-state index in [2.05, 4.69) is 30.7 Å². The smallest absolute Gasteiger partial charge is 0.416 e. The van der Waals surface area contributed by atoms with Gasteiger partial charge in [0.2, 0.25) is 5.82 Å². The van der Waals surface area contributed by atoms with E-state index in [9.17, 15) is 23.1 Å².